The van der Waals surface area contributed by atoms with Crippen LogP contribution >= 0.6 is 11.8 Å². The maximum absolute atomic E-state index is 12.6. The molecule has 0 radical (unpaired) electrons. The fourth-order valence-corrected chi connectivity index (χ4v) is 5.27. The quantitative estimate of drug-likeness (QED) is 0.386. The number of rotatable bonds is 6. The van der Waals surface area contributed by atoms with Gasteiger partial charge in [0.25, 0.3) is 0 Å². The summed E-state index contributed by atoms with van der Waals surface area (Å²) in [6.45, 7) is 0. The first kappa shape index (κ1) is 17.9. The summed E-state index contributed by atoms with van der Waals surface area (Å²) in [5.41, 5.74) is 1.36. The molecule has 0 aliphatic heterocycles. The predicted molar refractivity (Wildman–Crippen MR) is 110 cm³/mol. The maximum Gasteiger partial charge on any atom is 0.312 e. The van der Waals surface area contributed by atoms with Crippen LogP contribution in [0.15, 0.2) is 95.9 Å². The van der Waals surface area contributed by atoms with Gasteiger partial charge in [-0.05, 0) is 48.6 Å². The molecule has 2 nitrogen and oxygen atoms in total. The van der Waals surface area contributed by atoms with Gasteiger partial charge in [-0.2, -0.15) is 0 Å². The molecule has 0 spiro atoms. The summed E-state index contributed by atoms with van der Waals surface area (Å²) in [5.74, 6) is 0.962. The molecule has 27 heavy (non-hydrogen) atoms. The zero-order valence-corrected chi connectivity index (χ0v) is 15.9. The van der Waals surface area contributed by atoms with Crippen LogP contribution < -0.4 is 4.74 Å². The Bertz CT molecular complexity index is 872. The van der Waals surface area contributed by atoms with Crippen molar-refractivity contribution in [1.29, 1.82) is 0 Å². The summed E-state index contributed by atoms with van der Waals surface area (Å²) in [6, 6.07) is 30.3. The Morgan fingerprint density at radius 1 is 0.852 bits per heavy atom. The largest absolute Gasteiger partial charge is 0.426 e. The molecule has 136 valence electrons. The Balaban J connectivity index is 1.48. The number of carbonyl (C=O) groups is 1. The highest BCUT2D eigenvalue weighted by molar-refractivity contribution is 8.00. The lowest BCUT2D eigenvalue weighted by Crippen LogP contribution is -2.42. The van der Waals surface area contributed by atoms with Crippen molar-refractivity contribution in [2.45, 2.75) is 34.8 Å². The van der Waals surface area contributed by atoms with Crippen molar-refractivity contribution in [1.82, 2.24) is 0 Å². The average molecular weight is 375 g/mol. The predicted octanol–water partition coefficient (Wildman–Crippen LogP) is 6.09. The summed E-state index contributed by atoms with van der Waals surface area (Å²) in [6.07, 6.45) is 2.39. The molecule has 0 aromatic heterocycles. The summed E-state index contributed by atoms with van der Waals surface area (Å²) in [7, 11) is 0. The van der Waals surface area contributed by atoms with Crippen LogP contribution in [0.3, 0.4) is 0 Å². The van der Waals surface area contributed by atoms with E-state index < -0.39 is 0 Å². The van der Waals surface area contributed by atoms with Crippen molar-refractivity contribution in [2.75, 3.05) is 0 Å². The van der Waals surface area contributed by atoms with Gasteiger partial charge in [0.05, 0.1) is 6.42 Å². The number of esters is 1. The molecule has 1 saturated carbocycles. The Labute approximate surface area is 164 Å². The Kier molecular flexibility index (Phi) is 5.30. The van der Waals surface area contributed by atoms with E-state index in [0.29, 0.717) is 18.1 Å². The number of para-hydroxylation sites is 1. The van der Waals surface area contributed by atoms with E-state index in [1.807, 2.05) is 66.4 Å². The van der Waals surface area contributed by atoms with Crippen LogP contribution in [-0.4, -0.2) is 10.7 Å². The number of thioether (sulfide) groups is 1. The second-order valence-corrected chi connectivity index (χ2v) is 8.62. The first-order valence-corrected chi connectivity index (χ1v) is 10.1. The lowest BCUT2D eigenvalue weighted by molar-refractivity contribution is -0.135. The van der Waals surface area contributed by atoms with Crippen LogP contribution in [0.4, 0.5) is 0 Å². The Morgan fingerprint density at radius 3 is 2.04 bits per heavy atom. The van der Waals surface area contributed by atoms with E-state index in [9.17, 15) is 4.79 Å². The number of hydrogen-bond acceptors (Lipinski definition) is 3. The van der Waals surface area contributed by atoms with Crippen LogP contribution in [0.1, 0.15) is 30.7 Å². The molecule has 1 aliphatic carbocycles. The third kappa shape index (κ3) is 4.42. The minimum atomic E-state index is -0.156. The molecule has 0 atom stereocenters. The summed E-state index contributed by atoms with van der Waals surface area (Å²) < 4.78 is 5.47. The zero-order chi connectivity index (χ0) is 18.5. The summed E-state index contributed by atoms with van der Waals surface area (Å²) in [5, 5.41) is 0. The smallest absolute Gasteiger partial charge is 0.312 e. The second-order valence-electron chi connectivity index (χ2n) is 7.08. The van der Waals surface area contributed by atoms with Crippen LogP contribution in [0, 0.1) is 0 Å². The molecule has 3 aromatic carbocycles. The highest BCUT2D eigenvalue weighted by atomic mass is 32.2. The van der Waals surface area contributed by atoms with Crippen molar-refractivity contribution >= 4 is 17.7 Å². The molecule has 4 rings (SSSR count). The van der Waals surface area contributed by atoms with Crippen LogP contribution in [0.2, 0.25) is 0 Å². The van der Waals surface area contributed by atoms with Crippen molar-refractivity contribution in [3.05, 3.63) is 96.6 Å². The van der Waals surface area contributed by atoms with Gasteiger partial charge in [0, 0.05) is 9.64 Å². The number of hydrogen-bond donors (Lipinski definition) is 0. The fraction of sp³-hybridized carbons (Fsp3) is 0.208. The molecule has 0 amide bonds. The monoisotopic (exact) mass is 374 g/mol. The third-order valence-corrected chi connectivity index (χ3v) is 6.45. The van der Waals surface area contributed by atoms with Crippen molar-refractivity contribution in [3.8, 4) is 5.75 Å². The first-order chi connectivity index (χ1) is 13.2. The molecule has 0 heterocycles. The number of carbonyl (C=O) groups excluding carboxylic acids is 1. The molecule has 1 aliphatic rings. The zero-order valence-electron chi connectivity index (χ0n) is 15.1. The van der Waals surface area contributed by atoms with Crippen molar-refractivity contribution in [2.24, 2.45) is 0 Å². The highest BCUT2D eigenvalue weighted by Crippen LogP contribution is 2.56. The molecule has 0 bridgehead atoms. The minimum Gasteiger partial charge on any atom is -0.426 e. The molecule has 0 unspecified atom stereocenters. The summed E-state index contributed by atoms with van der Waals surface area (Å²) in [4.78, 5) is 13.8. The van der Waals surface area contributed by atoms with Gasteiger partial charge in [-0.15, -0.1) is 11.8 Å². The second kappa shape index (κ2) is 8.01. The lowest BCUT2D eigenvalue weighted by Gasteiger charge is -2.47. The molecular formula is C24H22O2S. The van der Waals surface area contributed by atoms with Gasteiger partial charge in [-0.1, -0.05) is 66.7 Å². The number of ether oxygens (including phenoxy) is 1. The molecule has 3 aromatic rings. The van der Waals surface area contributed by atoms with E-state index in [-0.39, 0.29) is 10.7 Å². The standard InChI is InChI=1S/C24H22O2S/c25-23(26-21-12-6-2-7-13-21)18-24(27-22-14-8-3-9-15-22)16-20(17-24)19-10-4-1-5-11-19/h1-15,20H,16-18H2. The minimum absolute atomic E-state index is 0.103. The van der Waals surface area contributed by atoms with E-state index in [0.717, 1.165) is 12.8 Å². The normalized spacial score (nSPS) is 21.3. The van der Waals surface area contributed by atoms with E-state index in [2.05, 4.69) is 36.4 Å². The Hall–Kier alpha value is -2.52. The van der Waals surface area contributed by atoms with E-state index >= 15 is 0 Å². The van der Waals surface area contributed by atoms with Crippen LogP contribution in [0.5, 0.6) is 5.75 Å². The van der Waals surface area contributed by atoms with E-state index in [1.54, 1.807) is 0 Å². The molecular weight excluding hydrogens is 352 g/mol. The Morgan fingerprint density at radius 2 is 1.41 bits per heavy atom. The SMILES string of the molecule is O=C(CC1(Sc2ccccc2)CC(c2ccccc2)C1)Oc1ccccc1. The first-order valence-electron chi connectivity index (χ1n) is 9.27. The molecule has 3 heteroatoms. The molecule has 0 saturated heterocycles. The van der Waals surface area contributed by atoms with Gasteiger partial charge < -0.3 is 4.74 Å². The van der Waals surface area contributed by atoms with Crippen LogP contribution in [-0.2, 0) is 4.79 Å². The van der Waals surface area contributed by atoms with Gasteiger partial charge in [-0.3, -0.25) is 4.79 Å². The van der Waals surface area contributed by atoms with Gasteiger partial charge in [0.1, 0.15) is 5.75 Å². The lowest BCUT2D eigenvalue weighted by atomic mass is 9.69. The van der Waals surface area contributed by atoms with Gasteiger partial charge in [-0.25, -0.2) is 0 Å². The molecule has 1 fully saturated rings. The van der Waals surface area contributed by atoms with Gasteiger partial charge >= 0.3 is 5.97 Å². The average Bonchev–Trinajstić information content (AvgIpc) is 2.68. The third-order valence-electron chi connectivity index (χ3n) is 5.03. The molecule has 0 N–H and O–H groups in total. The van der Waals surface area contributed by atoms with Crippen LogP contribution in [0.25, 0.3) is 0 Å². The highest BCUT2D eigenvalue weighted by Gasteiger charge is 2.47. The van der Waals surface area contributed by atoms with Gasteiger partial charge in [0.2, 0.25) is 0 Å². The van der Waals surface area contributed by atoms with E-state index in [1.165, 1.54) is 10.5 Å². The maximum atomic E-state index is 12.6. The van der Waals surface area contributed by atoms with E-state index in [4.69, 9.17) is 4.74 Å². The topological polar surface area (TPSA) is 26.3 Å². The fourth-order valence-electron chi connectivity index (χ4n) is 3.72. The number of benzene rings is 3. The van der Waals surface area contributed by atoms with Crippen molar-refractivity contribution in [3.63, 3.8) is 0 Å². The van der Waals surface area contributed by atoms with Crippen molar-refractivity contribution < 1.29 is 9.53 Å². The van der Waals surface area contributed by atoms with Gasteiger partial charge in [0.15, 0.2) is 0 Å². The summed E-state index contributed by atoms with van der Waals surface area (Å²) >= 11 is 1.81.